The zero-order chi connectivity index (χ0) is 11.0. The highest BCUT2D eigenvalue weighted by molar-refractivity contribution is 7.71. The van der Waals surface area contributed by atoms with Gasteiger partial charge in [-0.25, -0.2) is 4.98 Å². The van der Waals surface area contributed by atoms with E-state index >= 15 is 0 Å². The molecule has 0 aliphatic rings. The van der Waals surface area contributed by atoms with Crippen molar-refractivity contribution < 1.29 is 0 Å². The number of H-pyrrole nitrogens is 2. The van der Waals surface area contributed by atoms with E-state index < -0.39 is 0 Å². The van der Waals surface area contributed by atoms with Crippen LogP contribution in [0.15, 0.2) is 36.5 Å². The summed E-state index contributed by atoms with van der Waals surface area (Å²) in [6.45, 7) is 0. The summed E-state index contributed by atoms with van der Waals surface area (Å²) in [5, 5.41) is 7.63. The van der Waals surface area contributed by atoms with Crippen LogP contribution in [-0.4, -0.2) is 20.2 Å². The second kappa shape index (κ2) is 3.53. The van der Waals surface area contributed by atoms with E-state index in [1.165, 1.54) is 0 Å². The minimum atomic E-state index is 0.557. The number of nitrogens with zero attached hydrogens (tertiary/aromatic N) is 2. The third kappa shape index (κ3) is 1.42. The van der Waals surface area contributed by atoms with Crippen molar-refractivity contribution in [3.8, 4) is 11.4 Å². The van der Waals surface area contributed by atoms with Gasteiger partial charge in [-0.1, -0.05) is 42.5 Å². The first-order valence-electron chi connectivity index (χ1n) is 4.83. The molecule has 0 unspecified atom stereocenters. The number of hydrogen-bond donors (Lipinski definition) is 2. The molecular formula is C11H8N4S. The molecule has 0 radical (unpaired) electrons. The maximum absolute atomic E-state index is 5.20. The SMILES string of the molecule is S=c1nc(-c2ccccc2)[nH]c2[nH]ncc12. The summed E-state index contributed by atoms with van der Waals surface area (Å²) in [6, 6.07) is 9.86. The van der Waals surface area contributed by atoms with Crippen LogP contribution in [0.4, 0.5) is 0 Å². The Bertz CT molecular complexity index is 684. The highest BCUT2D eigenvalue weighted by Crippen LogP contribution is 2.17. The molecule has 0 bridgehead atoms. The van der Waals surface area contributed by atoms with E-state index in [2.05, 4.69) is 20.2 Å². The van der Waals surface area contributed by atoms with E-state index in [4.69, 9.17) is 12.2 Å². The maximum atomic E-state index is 5.20. The van der Waals surface area contributed by atoms with Crippen molar-refractivity contribution in [2.45, 2.75) is 0 Å². The van der Waals surface area contributed by atoms with Crippen LogP contribution in [0.25, 0.3) is 22.4 Å². The van der Waals surface area contributed by atoms with Crippen molar-refractivity contribution in [1.29, 1.82) is 0 Å². The molecule has 0 saturated heterocycles. The molecule has 78 valence electrons. The molecule has 0 atom stereocenters. The van der Waals surface area contributed by atoms with Gasteiger partial charge in [0, 0.05) is 5.56 Å². The Labute approximate surface area is 96.4 Å². The van der Waals surface area contributed by atoms with Crippen molar-refractivity contribution in [3.05, 3.63) is 41.2 Å². The molecule has 0 spiro atoms. The zero-order valence-electron chi connectivity index (χ0n) is 8.27. The van der Waals surface area contributed by atoms with Crippen LogP contribution in [0.1, 0.15) is 0 Å². The van der Waals surface area contributed by atoms with Gasteiger partial charge in [0.15, 0.2) is 0 Å². The van der Waals surface area contributed by atoms with Crippen LogP contribution in [0.2, 0.25) is 0 Å². The standard InChI is InChI=1S/C11H8N4S/c16-11-8-6-12-15-10(8)13-9(14-11)7-4-2-1-3-5-7/h1-6H,(H2,12,13,14,15,16). The van der Waals surface area contributed by atoms with Gasteiger partial charge in [0.05, 0.1) is 11.6 Å². The second-order valence-corrected chi connectivity index (χ2v) is 3.80. The van der Waals surface area contributed by atoms with Crippen LogP contribution in [0.3, 0.4) is 0 Å². The zero-order valence-corrected chi connectivity index (χ0v) is 9.08. The summed E-state index contributed by atoms with van der Waals surface area (Å²) in [6.07, 6.45) is 1.68. The molecule has 2 heterocycles. The third-order valence-corrected chi connectivity index (χ3v) is 2.68. The van der Waals surface area contributed by atoms with Gasteiger partial charge in [-0.3, -0.25) is 5.10 Å². The fraction of sp³-hybridized carbons (Fsp3) is 0. The molecule has 4 nitrogen and oxygen atoms in total. The van der Waals surface area contributed by atoms with Crippen molar-refractivity contribution in [3.63, 3.8) is 0 Å². The van der Waals surface area contributed by atoms with Crippen LogP contribution >= 0.6 is 12.2 Å². The van der Waals surface area contributed by atoms with Gasteiger partial charge in [-0.2, -0.15) is 5.10 Å². The van der Waals surface area contributed by atoms with E-state index in [-0.39, 0.29) is 0 Å². The third-order valence-electron chi connectivity index (χ3n) is 2.37. The monoisotopic (exact) mass is 228 g/mol. The Balaban J connectivity index is 2.30. The Morgan fingerprint density at radius 1 is 1.12 bits per heavy atom. The summed E-state index contributed by atoms with van der Waals surface area (Å²) >= 11 is 5.20. The predicted octanol–water partition coefficient (Wildman–Crippen LogP) is 2.68. The van der Waals surface area contributed by atoms with Crippen LogP contribution < -0.4 is 0 Å². The minimum absolute atomic E-state index is 0.557. The van der Waals surface area contributed by atoms with Gasteiger partial charge < -0.3 is 4.98 Å². The van der Waals surface area contributed by atoms with Gasteiger partial charge in [0.2, 0.25) is 0 Å². The van der Waals surface area contributed by atoms with Gasteiger partial charge in [-0.05, 0) is 0 Å². The normalized spacial score (nSPS) is 10.8. The minimum Gasteiger partial charge on any atom is -0.324 e. The first-order chi connectivity index (χ1) is 7.84. The lowest BCUT2D eigenvalue weighted by Gasteiger charge is -2.00. The molecule has 16 heavy (non-hydrogen) atoms. The summed E-state index contributed by atoms with van der Waals surface area (Å²) in [5.74, 6) is 0.752. The van der Waals surface area contributed by atoms with E-state index in [0.29, 0.717) is 4.64 Å². The molecule has 1 aromatic carbocycles. The van der Waals surface area contributed by atoms with Gasteiger partial charge in [-0.15, -0.1) is 0 Å². The Hall–Kier alpha value is -2.01. The van der Waals surface area contributed by atoms with Crippen molar-refractivity contribution in [2.24, 2.45) is 0 Å². The summed E-state index contributed by atoms with van der Waals surface area (Å²) < 4.78 is 0.557. The molecule has 0 saturated carbocycles. The molecule has 0 amide bonds. The molecule has 2 aromatic heterocycles. The molecule has 0 aliphatic carbocycles. The first kappa shape index (κ1) is 9.23. The molecule has 0 fully saturated rings. The molecular weight excluding hydrogens is 220 g/mol. The number of nitrogens with one attached hydrogen (secondary N) is 2. The Morgan fingerprint density at radius 3 is 2.75 bits per heavy atom. The second-order valence-electron chi connectivity index (χ2n) is 3.42. The summed E-state index contributed by atoms with van der Waals surface area (Å²) in [5.41, 5.74) is 1.81. The quantitative estimate of drug-likeness (QED) is 0.629. The number of aromatic nitrogens is 4. The van der Waals surface area contributed by atoms with Gasteiger partial charge in [0.25, 0.3) is 0 Å². The fourth-order valence-corrected chi connectivity index (χ4v) is 1.83. The van der Waals surface area contributed by atoms with Crippen molar-refractivity contribution in [2.75, 3.05) is 0 Å². The smallest absolute Gasteiger partial charge is 0.141 e. The van der Waals surface area contributed by atoms with E-state index in [0.717, 1.165) is 22.4 Å². The van der Waals surface area contributed by atoms with Crippen molar-refractivity contribution >= 4 is 23.3 Å². The number of aromatic amines is 2. The number of rotatable bonds is 1. The van der Waals surface area contributed by atoms with E-state index in [9.17, 15) is 0 Å². The van der Waals surface area contributed by atoms with Crippen molar-refractivity contribution in [1.82, 2.24) is 20.2 Å². The average Bonchev–Trinajstić information content (AvgIpc) is 2.79. The highest BCUT2D eigenvalue weighted by Gasteiger charge is 2.04. The molecule has 5 heteroatoms. The van der Waals surface area contributed by atoms with Crippen LogP contribution in [0.5, 0.6) is 0 Å². The average molecular weight is 228 g/mol. The Kier molecular flexibility index (Phi) is 2.04. The highest BCUT2D eigenvalue weighted by atomic mass is 32.1. The number of fused-ring (bicyclic) bond motifs is 1. The predicted molar refractivity (Wildman–Crippen MR) is 64.5 cm³/mol. The fourth-order valence-electron chi connectivity index (χ4n) is 1.58. The van der Waals surface area contributed by atoms with Gasteiger partial charge >= 0.3 is 0 Å². The molecule has 0 aliphatic heterocycles. The number of benzene rings is 1. The number of hydrogen-bond acceptors (Lipinski definition) is 3. The van der Waals surface area contributed by atoms with Crippen LogP contribution in [-0.2, 0) is 0 Å². The lowest BCUT2D eigenvalue weighted by molar-refractivity contribution is 1.09. The van der Waals surface area contributed by atoms with E-state index in [1.807, 2.05) is 30.3 Å². The molecule has 2 N–H and O–H groups in total. The summed E-state index contributed by atoms with van der Waals surface area (Å²) in [4.78, 5) is 7.51. The Morgan fingerprint density at radius 2 is 1.94 bits per heavy atom. The topological polar surface area (TPSA) is 57.4 Å². The largest absolute Gasteiger partial charge is 0.324 e. The summed E-state index contributed by atoms with van der Waals surface area (Å²) in [7, 11) is 0. The van der Waals surface area contributed by atoms with E-state index in [1.54, 1.807) is 6.20 Å². The van der Waals surface area contributed by atoms with Crippen LogP contribution in [0, 0.1) is 4.64 Å². The molecule has 3 rings (SSSR count). The lowest BCUT2D eigenvalue weighted by Crippen LogP contribution is -1.90. The molecule has 3 aromatic rings. The van der Waals surface area contributed by atoms with Gasteiger partial charge in [0.1, 0.15) is 16.1 Å². The maximum Gasteiger partial charge on any atom is 0.141 e. The first-order valence-corrected chi connectivity index (χ1v) is 5.24. The lowest BCUT2D eigenvalue weighted by atomic mass is 10.2.